The first-order valence-electron chi connectivity index (χ1n) is 7.38. The number of anilines is 1. The van der Waals surface area contributed by atoms with Gasteiger partial charge in [0.15, 0.2) is 0 Å². The van der Waals surface area contributed by atoms with Gasteiger partial charge in [-0.25, -0.2) is 4.98 Å². The summed E-state index contributed by atoms with van der Waals surface area (Å²) in [7, 11) is 0. The van der Waals surface area contributed by atoms with Crippen molar-refractivity contribution in [3.63, 3.8) is 0 Å². The zero-order valence-electron chi connectivity index (χ0n) is 13.7. The lowest BCUT2D eigenvalue weighted by molar-refractivity contribution is -0.0362. The van der Waals surface area contributed by atoms with Crippen molar-refractivity contribution < 1.29 is 4.74 Å². The maximum atomic E-state index is 6.09. The van der Waals surface area contributed by atoms with Crippen LogP contribution in [-0.4, -0.2) is 24.2 Å². The summed E-state index contributed by atoms with van der Waals surface area (Å²) in [6, 6.07) is 2.15. The number of pyridine rings is 1. The molecule has 0 aliphatic carbocycles. The fraction of sp³-hybridized carbons (Fsp3) is 0.688. The molecule has 1 aromatic heterocycles. The molecule has 0 aromatic carbocycles. The molecule has 1 rings (SSSR count). The highest BCUT2D eigenvalue weighted by molar-refractivity contribution is 5.43. The number of nitrogens with zero attached hydrogens (tertiary/aromatic N) is 1. The zero-order chi connectivity index (χ0) is 15.3. The quantitative estimate of drug-likeness (QED) is 0.840. The molecule has 2 unspecified atom stereocenters. The molecule has 0 spiro atoms. The van der Waals surface area contributed by atoms with E-state index in [0.29, 0.717) is 12.4 Å². The molecule has 0 aliphatic heterocycles. The Balaban J connectivity index is 3.23. The van der Waals surface area contributed by atoms with Gasteiger partial charge in [-0.1, -0.05) is 27.7 Å². The minimum absolute atomic E-state index is 0.0129. The van der Waals surface area contributed by atoms with E-state index in [1.807, 2.05) is 13.8 Å². The molecule has 0 aliphatic rings. The Morgan fingerprint density at radius 2 is 2.00 bits per heavy atom. The highest BCUT2D eigenvalue weighted by atomic mass is 16.5. The predicted molar refractivity (Wildman–Crippen MR) is 84.7 cm³/mol. The summed E-state index contributed by atoms with van der Waals surface area (Å²) < 4.78 is 6.02. The second-order valence-electron chi connectivity index (χ2n) is 6.26. The number of hydrogen-bond donors (Lipinski definition) is 2. The number of nitrogens with two attached hydrogens (primary N) is 1. The fourth-order valence-corrected chi connectivity index (χ4v) is 2.48. The van der Waals surface area contributed by atoms with E-state index < -0.39 is 0 Å². The molecule has 0 bridgehead atoms. The minimum Gasteiger partial charge on any atom is -0.383 e. The molecule has 1 heterocycles. The van der Waals surface area contributed by atoms with Crippen LogP contribution in [0, 0.1) is 12.3 Å². The number of ether oxygens (including phenoxy) is 1. The Bertz CT molecular complexity index is 426. The third kappa shape index (κ3) is 4.18. The van der Waals surface area contributed by atoms with Crippen molar-refractivity contribution in [3.8, 4) is 0 Å². The van der Waals surface area contributed by atoms with Crippen molar-refractivity contribution in [2.24, 2.45) is 5.41 Å². The van der Waals surface area contributed by atoms with Gasteiger partial charge in [0.25, 0.3) is 0 Å². The molecule has 4 nitrogen and oxygen atoms in total. The van der Waals surface area contributed by atoms with Crippen LogP contribution >= 0.6 is 0 Å². The van der Waals surface area contributed by atoms with Crippen LogP contribution in [0.4, 0.5) is 5.82 Å². The summed E-state index contributed by atoms with van der Waals surface area (Å²) in [6.07, 6.45) is 1.84. The molecule has 4 heteroatoms. The lowest BCUT2D eigenvalue weighted by Gasteiger charge is -2.37. The van der Waals surface area contributed by atoms with Gasteiger partial charge >= 0.3 is 0 Å². The summed E-state index contributed by atoms with van der Waals surface area (Å²) in [4.78, 5) is 4.29. The second-order valence-corrected chi connectivity index (χ2v) is 6.26. The SMILES string of the molecule is CCNC(c1cc(C)cnc1N)C(OCC)C(C)(C)C. The fourth-order valence-electron chi connectivity index (χ4n) is 2.48. The number of hydrogen-bond acceptors (Lipinski definition) is 4. The number of likely N-dealkylation sites (N-methyl/N-ethyl adjacent to an activating group) is 1. The summed E-state index contributed by atoms with van der Waals surface area (Å²) in [5.74, 6) is 0.579. The number of aromatic nitrogens is 1. The third-order valence-corrected chi connectivity index (χ3v) is 3.35. The van der Waals surface area contributed by atoms with E-state index in [9.17, 15) is 0 Å². The lowest BCUT2D eigenvalue weighted by Crippen LogP contribution is -2.42. The Morgan fingerprint density at radius 3 is 2.50 bits per heavy atom. The highest BCUT2D eigenvalue weighted by Gasteiger charge is 2.34. The second kappa shape index (κ2) is 7.04. The monoisotopic (exact) mass is 279 g/mol. The molecule has 0 radical (unpaired) electrons. The number of nitrogens with one attached hydrogen (secondary N) is 1. The van der Waals surface area contributed by atoms with Crippen molar-refractivity contribution >= 4 is 5.82 Å². The van der Waals surface area contributed by atoms with Gasteiger partial charge in [-0.2, -0.15) is 0 Å². The van der Waals surface area contributed by atoms with Gasteiger partial charge < -0.3 is 15.8 Å². The van der Waals surface area contributed by atoms with Crippen molar-refractivity contribution in [1.82, 2.24) is 10.3 Å². The molecule has 0 fully saturated rings. The summed E-state index contributed by atoms with van der Waals surface area (Å²) in [5, 5.41) is 3.51. The molecule has 0 saturated heterocycles. The topological polar surface area (TPSA) is 60.2 Å². The molecule has 1 aromatic rings. The van der Waals surface area contributed by atoms with Crippen molar-refractivity contribution in [3.05, 3.63) is 23.4 Å². The highest BCUT2D eigenvalue weighted by Crippen LogP contribution is 2.34. The molecular weight excluding hydrogens is 250 g/mol. The zero-order valence-corrected chi connectivity index (χ0v) is 13.7. The van der Waals surface area contributed by atoms with Crippen LogP contribution in [0.15, 0.2) is 12.3 Å². The van der Waals surface area contributed by atoms with E-state index in [0.717, 1.165) is 17.7 Å². The summed E-state index contributed by atoms with van der Waals surface area (Å²) >= 11 is 0. The van der Waals surface area contributed by atoms with Crippen LogP contribution in [0.5, 0.6) is 0 Å². The molecule has 114 valence electrons. The molecule has 0 amide bonds. The van der Waals surface area contributed by atoms with Crippen LogP contribution in [0.25, 0.3) is 0 Å². The average molecular weight is 279 g/mol. The Morgan fingerprint density at radius 1 is 1.35 bits per heavy atom. The van der Waals surface area contributed by atoms with Crippen molar-refractivity contribution in [2.45, 2.75) is 53.7 Å². The molecule has 20 heavy (non-hydrogen) atoms. The van der Waals surface area contributed by atoms with Crippen LogP contribution in [0.1, 0.15) is 51.8 Å². The van der Waals surface area contributed by atoms with Gasteiger partial charge in [-0.3, -0.25) is 0 Å². The van der Waals surface area contributed by atoms with E-state index in [-0.39, 0.29) is 17.6 Å². The molecule has 3 N–H and O–H groups in total. The van der Waals surface area contributed by atoms with E-state index in [2.05, 4.69) is 44.1 Å². The first-order valence-corrected chi connectivity index (χ1v) is 7.38. The number of nitrogen functional groups attached to an aromatic ring is 1. The van der Waals surface area contributed by atoms with Gasteiger partial charge in [0.05, 0.1) is 12.1 Å². The first kappa shape index (κ1) is 16.9. The third-order valence-electron chi connectivity index (χ3n) is 3.35. The minimum atomic E-state index is 0.0129. The van der Waals surface area contributed by atoms with Crippen molar-refractivity contribution in [2.75, 3.05) is 18.9 Å². The predicted octanol–water partition coefficient (Wildman–Crippen LogP) is 3.07. The summed E-state index contributed by atoms with van der Waals surface area (Å²) in [6.45, 7) is 14.3. The van der Waals surface area contributed by atoms with Crippen LogP contribution < -0.4 is 11.1 Å². The van der Waals surface area contributed by atoms with Gasteiger partial charge in [0.2, 0.25) is 0 Å². The van der Waals surface area contributed by atoms with E-state index >= 15 is 0 Å². The first-order chi connectivity index (χ1) is 9.31. The van der Waals surface area contributed by atoms with Gasteiger partial charge in [0.1, 0.15) is 5.82 Å². The van der Waals surface area contributed by atoms with E-state index in [4.69, 9.17) is 10.5 Å². The van der Waals surface area contributed by atoms with E-state index in [1.54, 1.807) is 6.20 Å². The maximum absolute atomic E-state index is 6.09. The number of aryl methyl sites for hydroxylation is 1. The van der Waals surface area contributed by atoms with Gasteiger partial charge in [-0.05, 0) is 37.4 Å². The maximum Gasteiger partial charge on any atom is 0.128 e. The molecule has 0 saturated carbocycles. The van der Waals surface area contributed by atoms with Gasteiger partial charge in [0, 0.05) is 18.4 Å². The summed E-state index contributed by atoms with van der Waals surface area (Å²) in [5.41, 5.74) is 8.24. The average Bonchev–Trinajstić information content (AvgIpc) is 2.35. The van der Waals surface area contributed by atoms with Crippen LogP contribution in [0.3, 0.4) is 0 Å². The van der Waals surface area contributed by atoms with Crippen molar-refractivity contribution in [1.29, 1.82) is 0 Å². The van der Waals surface area contributed by atoms with Crippen LogP contribution in [0.2, 0.25) is 0 Å². The Kier molecular flexibility index (Phi) is 5.96. The Labute approximate surface area is 123 Å². The molecule has 2 atom stereocenters. The Hall–Kier alpha value is -1.13. The van der Waals surface area contributed by atoms with Crippen LogP contribution in [-0.2, 0) is 4.74 Å². The lowest BCUT2D eigenvalue weighted by atomic mass is 9.81. The smallest absolute Gasteiger partial charge is 0.128 e. The van der Waals surface area contributed by atoms with Gasteiger partial charge in [-0.15, -0.1) is 0 Å². The van der Waals surface area contributed by atoms with E-state index in [1.165, 1.54) is 0 Å². The number of rotatable bonds is 6. The largest absolute Gasteiger partial charge is 0.383 e. The molecular formula is C16H29N3O. The normalized spacial score (nSPS) is 15.1. The standard InChI is InChI=1S/C16H29N3O/c1-7-18-13(14(20-8-2)16(4,5)6)12-9-11(3)10-19-15(12)17/h9-10,13-14,18H,7-8H2,1-6H3,(H2,17,19).